The van der Waals surface area contributed by atoms with Crippen molar-refractivity contribution in [2.45, 2.75) is 32.4 Å². The summed E-state index contributed by atoms with van der Waals surface area (Å²) >= 11 is 0. The zero-order valence-corrected chi connectivity index (χ0v) is 10.1. The van der Waals surface area contributed by atoms with Crippen LogP contribution in [0, 0.1) is 5.92 Å². The Balaban J connectivity index is 1.70. The lowest BCUT2D eigenvalue weighted by Crippen LogP contribution is -2.48. The van der Waals surface area contributed by atoms with Crippen molar-refractivity contribution in [2.75, 3.05) is 13.1 Å². The molecule has 1 saturated heterocycles. The van der Waals surface area contributed by atoms with Crippen molar-refractivity contribution in [1.29, 1.82) is 0 Å². The second kappa shape index (κ2) is 5.77. The quantitative estimate of drug-likeness (QED) is 0.759. The molecule has 0 saturated carbocycles. The van der Waals surface area contributed by atoms with Gasteiger partial charge in [0.15, 0.2) is 0 Å². The molecule has 1 fully saturated rings. The zero-order chi connectivity index (χ0) is 12.1. The van der Waals surface area contributed by atoms with Gasteiger partial charge in [0.05, 0.1) is 18.8 Å². The molecule has 0 aromatic carbocycles. The van der Waals surface area contributed by atoms with Gasteiger partial charge in [-0.15, -0.1) is 5.10 Å². The van der Waals surface area contributed by atoms with E-state index in [2.05, 4.69) is 27.9 Å². The third kappa shape index (κ3) is 3.52. The van der Waals surface area contributed by atoms with Gasteiger partial charge in [0.2, 0.25) is 5.91 Å². The second-order valence-corrected chi connectivity index (χ2v) is 4.59. The molecule has 2 N–H and O–H groups in total. The first-order valence-corrected chi connectivity index (χ1v) is 6.11. The van der Waals surface area contributed by atoms with E-state index in [1.54, 1.807) is 17.1 Å². The largest absolute Gasteiger partial charge is 0.353 e. The third-order valence-corrected chi connectivity index (χ3v) is 3.09. The van der Waals surface area contributed by atoms with Crippen molar-refractivity contribution in [2.24, 2.45) is 5.92 Å². The monoisotopic (exact) mass is 237 g/mol. The van der Waals surface area contributed by atoms with E-state index >= 15 is 0 Å². The number of hydrogen-bond donors (Lipinski definition) is 2. The van der Waals surface area contributed by atoms with Crippen molar-refractivity contribution >= 4 is 5.91 Å². The van der Waals surface area contributed by atoms with Gasteiger partial charge in [-0.2, -0.15) is 0 Å². The average Bonchev–Trinajstić information content (AvgIpc) is 2.82. The Labute approximate surface area is 101 Å². The topological polar surface area (TPSA) is 71.8 Å². The Morgan fingerprint density at radius 2 is 2.53 bits per heavy atom. The van der Waals surface area contributed by atoms with Gasteiger partial charge in [-0.25, -0.2) is 0 Å². The van der Waals surface area contributed by atoms with Gasteiger partial charge < -0.3 is 10.6 Å². The Hall–Kier alpha value is -1.43. The molecule has 0 radical (unpaired) electrons. The number of carbonyl (C=O) groups is 1. The molecule has 2 unspecified atom stereocenters. The van der Waals surface area contributed by atoms with E-state index in [0.29, 0.717) is 19.0 Å². The molecule has 1 aromatic heterocycles. The Morgan fingerprint density at radius 1 is 1.65 bits per heavy atom. The first-order valence-electron chi connectivity index (χ1n) is 6.11. The predicted molar refractivity (Wildman–Crippen MR) is 63.2 cm³/mol. The summed E-state index contributed by atoms with van der Waals surface area (Å²) < 4.78 is 1.71. The molecular formula is C11H19N5O. The molecule has 0 aliphatic carbocycles. The van der Waals surface area contributed by atoms with Crippen molar-refractivity contribution in [3.63, 3.8) is 0 Å². The van der Waals surface area contributed by atoms with Crippen molar-refractivity contribution in [3.8, 4) is 0 Å². The van der Waals surface area contributed by atoms with Crippen LogP contribution in [0.15, 0.2) is 12.4 Å². The van der Waals surface area contributed by atoms with Gasteiger partial charge in [-0.05, 0) is 25.3 Å². The van der Waals surface area contributed by atoms with E-state index in [4.69, 9.17) is 0 Å². The van der Waals surface area contributed by atoms with Gasteiger partial charge in [0, 0.05) is 12.7 Å². The maximum atomic E-state index is 11.9. The molecule has 17 heavy (non-hydrogen) atoms. The molecule has 2 heterocycles. The van der Waals surface area contributed by atoms with Crippen LogP contribution in [-0.4, -0.2) is 40.0 Å². The summed E-state index contributed by atoms with van der Waals surface area (Å²) in [5.74, 6) is 0.721. The molecule has 1 aromatic rings. The summed E-state index contributed by atoms with van der Waals surface area (Å²) in [7, 11) is 0. The minimum Gasteiger partial charge on any atom is -0.353 e. The number of carbonyl (C=O) groups excluding carboxylic acids is 1. The highest BCUT2D eigenvalue weighted by Crippen LogP contribution is 2.14. The first-order chi connectivity index (χ1) is 8.25. The van der Waals surface area contributed by atoms with Gasteiger partial charge >= 0.3 is 0 Å². The molecular weight excluding hydrogens is 218 g/mol. The SMILES string of the molecule is CC1CCNC(C(=O)NCCn2ccnn2)C1. The first kappa shape index (κ1) is 12.0. The number of nitrogens with one attached hydrogen (secondary N) is 2. The van der Waals surface area contributed by atoms with Crippen LogP contribution in [0.25, 0.3) is 0 Å². The standard InChI is InChI=1S/C11H19N5O/c1-9-2-3-12-10(8-9)11(17)13-4-6-16-7-5-14-15-16/h5,7,9-10,12H,2-4,6,8H2,1H3,(H,13,17). The molecule has 1 aliphatic heterocycles. The third-order valence-electron chi connectivity index (χ3n) is 3.09. The molecule has 0 spiro atoms. The Kier molecular flexibility index (Phi) is 4.08. The van der Waals surface area contributed by atoms with Crippen LogP contribution < -0.4 is 10.6 Å². The molecule has 2 rings (SSSR count). The van der Waals surface area contributed by atoms with Crippen LogP contribution in [0.3, 0.4) is 0 Å². The highest BCUT2D eigenvalue weighted by molar-refractivity contribution is 5.81. The van der Waals surface area contributed by atoms with Gasteiger partial charge in [0.25, 0.3) is 0 Å². The Morgan fingerprint density at radius 3 is 3.24 bits per heavy atom. The van der Waals surface area contributed by atoms with E-state index in [0.717, 1.165) is 19.4 Å². The number of aromatic nitrogens is 3. The Bertz CT molecular complexity index is 351. The lowest BCUT2D eigenvalue weighted by Gasteiger charge is -2.27. The molecule has 6 heteroatoms. The van der Waals surface area contributed by atoms with Crippen molar-refractivity contribution in [1.82, 2.24) is 25.6 Å². The van der Waals surface area contributed by atoms with E-state index in [1.807, 2.05) is 0 Å². The van der Waals surface area contributed by atoms with E-state index in [1.165, 1.54) is 0 Å². The molecule has 1 aliphatic rings. The smallest absolute Gasteiger partial charge is 0.237 e. The van der Waals surface area contributed by atoms with Crippen LogP contribution in [0.4, 0.5) is 0 Å². The summed E-state index contributed by atoms with van der Waals surface area (Å²) in [5.41, 5.74) is 0. The molecule has 6 nitrogen and oxygen atoms in total. The minimum atomic E-state index is -0.0329. The summed E-state index contributed by atoms with van der Waals surface area (Å²) in [4.78, 5) is 11.9. The summed E-state index contributed by atoms with van der Waals surface area (Å²) in [6, 6.07) is -0.0329. The fourth-order valence-corrected chi connectivity index (χ4v) is 2.08. The predicted octanol–water partition coefficient (Wildman–Crippen LogP) is -0.218. The number of amides is 1. The van der Waals surface area contributed by atoms with E-state index in [-0.39, 0.29) is 11.9 Å². The fraction of sp³-hybridized carbons (Fsp3) is 0.727. The van der Waals surface area contributed by atoms with E-state index < -0.39 is 0 Å². The van der Waals surface area contributed by atoms with Crippen LogP contribution in [-0.2, 0) is 11.3 Å². The van der Waals surface area contributed by atoms with Crippen LogP contribution in [0.2, 0.25) is 0 Å². The highest BCUT2D eigenvalue weighted by Gasteiger charge is 2.23. The van der Waals surface area contributed by atoms with Crippen molar-refractivity contribution in [3.05, 3.63) is 12.4 Å². The number of hydrogen-bond acceptors (Lipinski definition) is 4. The van der Waals surface area contributed by atoms with Gasteiger partial charge in [-0.3, -0.25) is 9.48 Å². The highest BCUT2D eigenvalue weighted by atomic mass is 16.2. The maximum Gasteiger partial charge on any atom is 0.237 e. The summed E-state index contributed by atoms with van der Waals surface area (Å²) in [6.07, 6.45) is 5.50. The van der Waals surface area contributed by atoms with Crippen molar-refractivity contribution < 1.29 is 4.79 Å². The zero-order valence-electron chi connectivity index (χ0n) is 10.1. The molecule has 2 atom stereocenters. The lowest BCUT2D eigenvalue weighted by molar-refractivity contribution is -0.124. The number of piperidine rings is 1. The summed E-state index contributed by atoms with van der Waals surface area (Å²) in [6.45, 7) is 4.38. The average molecular weight is 237 g/mol. The molecule has 1 amide bonds. The van der Waals surface area contributed by atoms with Crippen LogP contribution >= 0.6 is 0 Å². The number of rotatable bonds is 4. The van der Waals surface area contributed by atoms with Gasteiger partial charge in [-0.1, -0.05) is 12.1 Å². The molecule has 94 valence electrons. The van der Waals surface area contributed by atoms with Crippen LogP contribution in [0.1, 0.15) is 19.8 Å². The molecule has 0 bridgehead atoms. The summed E-state index contributed by atoms with van der Waals surface area (Å²) in [5, 5.41) is 13.7. The fourth-order valence-electron chi connectivity index (χ4n) is 2.08. The lowest BCUT2D eigenvalue weighted by atomic mass is 9.94. The number of nitrogens with zero attached hydrogens (tertiary/aromatic N) is 3. The van der Waals surface area contributed by atoms with Crippen LogP contribution in [0.5, 0.6) is 0 Å². The maximum absolute atomic E-state index is 11.9. The second-order valence-electron chi connectivity index (χ2n) is 4.59. The van der Waals surface area contributed by atoms with Gasteiger partial charge in [0.1, 0.15) is 0 Å². The minimum absolute atomic E-state index is 0.0329. The normalized spacial score (nSPS) is 24.5. The van der Waals surface area contributed by atoms with E-state index in [9.17, 15) is 4.79 Å².